The number of hydrogen-bond acceptors (Lipinski definition) is 4. The van der Waals surface area contributed by atoms with Crippen LogP contribution in [0.25, 0.3) is 0 Å². The normalized spacial score (nSPS) is 12.1. The second kappa shape index (κ2) is 7.40. The van der Waals surface area contributed by atoms with Gasteiger partial charge in [-0.1, -0.05) is 0 Å². The van der Waals surface area contributed by atoms with Gasteiger partial charge in [-0.15, -0.1) is 0 Å². The molecule has 2 aromatic rings. The smallest absolute Gasteiger partial charge is 0.354 e. The maximum atomic E-state index is 12.1. The lowest BCUT2D eigenvalue weighted by Crippen LogP contribution is -2.33. The molecule has 8 nitrogen and oxygen atoms in total. The van der Waals surface area contributed by atoms with Gasteiger partial charge in [-0.2, -0.15) is 10.2 Å². The molecule has 1 unspecified atom stereocenters. The zero-order valence-electron chi connectivity index (χ0n) is 12.9. The second-order valence-corrected chi connectivity index (χ2v) is 5.97. The highest BCUT2D eigenvalue weighted by atomic mass is 79.9. The standard InChI is InChI=1S/C14H18BrN5O3/c1-9-11(15)8-19(18-9)7-3-5-16-13(21)10(2)20-12(14(22)23)4-6-17-20/h4,6,8,10H,3,5,7H2,1-2H3,(H,16,21)(H,22,23). The van der Waals surface area contributed by atoms with Crippen molar-refractivity contribution in [2.24, 2.45) is 0 Å². The third kappa shape index (κ3) is 4.19. The van der Waals surface area contributed by atoms with Crippen molar-refractivity contribution in [1.29, 1.82) is 0 Å². The number of aromatic nitrogens is 4. The molecule has 0 bridgehead atoms. The zero-order chi connectivity index (χ0) is 17.0. The molecule has 0 saturated heterocycles. The van der Waals surface area contributed by atoms with Crippen LogP contribution in [-0.2, 0) is 11.3 Å². The summed E-state index contributed by atoms with van der Waals surface area (Å²) >= 11 is 3.40. The maximum Gasteiger partial charge on any atom is 0.354 e. The molecule has 1 atom stereocenters. The first-order valence-electron chi connectivity index (χ1n) is 7.14. The molecule has 23 heavy (non-hydrogen) atoms. The number of carbonyl (C=O) groups excluding carboxylic acids is 1. The Morgan fingerprint density at radius 2 is 2.22 bits per heavy atom. The Balaban J connectivity index is 1.82. The number of halogens is 1. The van der Waals surface area contributed by atoms with Gasteiger partial charge in [-0.25, -0.2) is 9.48 Å². The average Bonchev–Trinajstić information content (AvgIpc) is 3.10. The largest absolute Gasteiger partial charge is 0.477 e. The van der Waals surface area contributed by atoms with Gasteiger partial charge in [0.25, 0.3) is 0 Å². The van der Waals surface area contributed by atoms with E-state index in [1.807, 2.05) is 17.8 Å². The molecule has 0 saturated carbocycles. The minimum absolute atomic E-state index is 0.00971. The van der Waals surface area contributed by atoms with Crippen molar-refractivity contribution in [2.45, 2.75) is 32.9 Å². The molecule has 0 aliphatic carbocycles. The van der Waals surface area contributed by atoms with E-state index in [4.69, 9.17) is 5.11 Å². The second-order valence-electron chi connectivity index (χ2n) is 5.11. The molecule has 2 N–H and O–H groups in total. The lowest BCUT2D eigenvalue weighted by Gasteiger charge is -2.14. The van der Waals surface area contributed by atoms with Gasteiger partial charge >= 0.3 is 5.97 Å². The average molecular weight is 384 g/mol. The topological polar surface area (TPSA) is 102 Å². The summed E-state index contributed by atoms with van der Waals surface area (Å²) in [6, 6.07) is 0.682. The van der Waals surface area contributed by atoms with Crippen molar-refractivity contribution in [2.75, 3.05) is 6.54 Å². The number of nitrogens with one attached hydrogen (secondary N) is 1. The Morgan fingerprint density at radius 1 is 1.48 bits per heavy atom. The number of nitrogens with zero attached hydrogens (tertiary/aromatic N) is 4. The molecule has 0 spiro atoms. The van der Waals surface area contributed by atoms with Crippen LogP contribution in [0.5, 0.6) is 0 Å². The number of rotatable bonds is 7. The third-order valence-electron chi connectivity index (χ3n) is 3.39. The minimum atomic E-state index is -1.11. The Kier molecular flexibility index (Phi) is 5.54. The number of carbonyl (C=O) groups is 2. The van der Waals surface area contributed by atoms with Gasteiger partial charge in [0.1, 0.15) is 11.7 Å². The molecule has 9 heteroatoms. The van der Waals surface area contributed by atoms with Gasteiger partial charge in [0, 0.05) is 25.5 Å². The van der Waals surface area contributed by atoms with Gasteiger partial charge in [-0.05, 0) is 42.3 Å². The predicted octanol–water partition coefficient (Wildman–Crippen LogP) is 1.62. The van der Waals surface area contributed by atoms with E-state index in [0.29, 0.717) is 13.1 Å². The fraction of sp³-hybridized carbons (Fsp3) is 0.429. The Labute approximate surface area is 141 Å². The SMILES string of the molecule is Cc1nn(CCCNC(=O)C(C)n2nccc2C(=O)O)cc1Br. The van der Waals surface area contributed by atoms with Gasteiger partial charge in [0.05, 0.1) is 10.2 Å². The fourth-order valence-electron chi connectivity index (χ4n) is 2.11. The number of aromatic carboxylic acids is 1. The van der Waals surface area contributed by atoms with E-state index in [9.17, 15) is 9.59 Å². The minimum Gasteiger partial charge on any atom is -0.477 e. The Bertz CT molecular complexity index is 690. The molecule has 2 heterocycles. The lowest BCUT2D eigenvalue weighted by atomic mass is 10.3. The van der Waals surface area contributed by atoms with Crippen LogP contribution in [0.3, 0.4) is 0 Å². The van der Waals surface area contributed by atoms with Crippen LogP contribution in [0.15, 0.2) is 22.9 Å². The highest BCUT2D eigenvalue weighted by Crippen LogP contribution is 2.13. The highest BCUT2D eigenvalue weighted by Gasteiger charge is 2.20. The van der Waals surface area contributed by atoms with Crippen LogP contribution in [0.1, 0.15) is 35.6 Å². The monoisotopic (exact) mass is 383 g/mol. The molecule has 0 aliphatic heterocycles. The van der Waals surface area contributed by atoms with Crippen molar-refractivity contribution < 1.29 is 14.7 Å². The molecule has 0 fully saturated rings. The van der Waals surface area contributed by atoms with Crippen LogP contribution < -0.4 is 5.32 Å². The van der Waals surface area contributed by atoms with E-state index < -0.39 is 12.0 Å². The first-order valence-corrected chi connectivity index (χ1v) is 7.93. The van der Waals surface area contributed by atoms with Crippen molar-refractivity contribution in [3.63, 3.8) is 0 Å². The number of aryl methyl sites for hydroxylation is 2. The van der Waals surface area contributed by atoms with Crippen LogP contribution in [0.2, 0.25) is 0 Å². The Hall–Kier alpha value is -2.16. The van der Waals surface area contributed by atoms with Crippen LogP contribution >= 0.6 is 15.9 Å². The highest BCUT2D eigenvalue weighted by molar-refractivity contribution is 9.10. The number of hydrogen-bond donors (Lipinski definition) is 2. The number of carboxylic acids is 1. The van der Waals surface area contributed by atoms with Crippen LogP contribution in [0, 0.1) is 6.92 Å². The summed E-state index contributed by atoms with van der Waals surface area (Å²) in [6.07, 6.45) is 3.98. The molecule has 0 radical (unpaired) electrons. The molecular formula is C14H18BrN5O3. The quantitative estimate of drug-likeness (QED) is 0.707. The summed E-state index contributed by atoms with van der Waals surface area (Å²) in [4.78, 5) is 23.1. The summed E-state index contributed by atoms with van der Waals surface area (Å²) < 4.78 is 3.96. The van der Waals surface area contributed by atoms with Gasteiger partial charge < -0.3 is 10.4 Å². The van der Waals surface area contributed by atoms with E-state index in [1.54, 1.807) is 6.92 Å². The molecule has 0 aromatic carbocycles. The predicted molar refractivity (Wildman–Crippen MR) is 86.2 cm³/mol. The van der Waals surface area contributed by atoms with Crippen LogP contribution in [0.4, 0.5) is 0 Å². The van der Waals surface area contributed by atoms with E-state index in [2.05, 4.69) is 31.4 Å². The van der Waals surface area contributed by atoms with E-state index in [-0.39, 0.29) is 11.6 Å². The molecule has 124 valence electrons. The van der Waals surface area contributed by atoms with Crippen LogP contribution in [-0.4, -0.2) is 43.1 Å². The van der Waals surface area contributed by atoms with Crippen molar-refractivity contribution in [3.05, 3.63) is 34.3 Å². The van der Waals surface area contributed by atoms with Gasteiger partial charge in [0.15, 0.2) is 0 Å². The molecular weight excluding hydrogens is 366 g/mol. The maximum absolute atomic E-state index is 12.1. The first-order chi connectivity index (χ1) is 10.9. The van der Waals surface area contributed by atoms with Gasteiger partial charge in [0.2, 0.25) is 5.91 Å². The lowest BCUT2D eigenvalue weighted by molar-refractivity contribution is -0.124. The summed E-state index contributed by atoms with van der Waals surface area (Å²) in [6.45, 7) is 4.68. The number of carboxylic acid groups (broad SMARTS) is 1. The summed E-state index contributed by atoms with van der Waals surface area (Å²) in [5.41, 5.74) is 0.909. The zero-order valence-corrected chi connectivity index (χ0v) is 14.4. The van der Waals surface area contributed by atoms with Crippen molar-refractivity contribution in [3.8, 4) is 0 Å². The molecule has 2 aromatic heterocycles. The molecule has 2 rings (SSSR count). The molecule has 0 aliphatic rings. The van der Waals surface area contributed by atoms with Crippen molar-refractivity contribution >= 4 is 27.8 Å². The first kappa shape index (κ1) is 17.2. The summed E-state index contributed by atoms with van der Waals surface area (Å²) in [5.74, 6) is -1.38. The van der Waals surface area contributed by atoms with Crippen molar-refractivity contribution in [1.82, 2.24) is 24.9 Å². The van der Waals surface area contributed by atoms with Gasteiger partial charge in [-0.3, -0.25) is 9.48 Å². The fourth-order valence-corrected chi connectivity index (χ4v) is 2.43. The van der Waals surface area contributed by atoms with E-state index in [1.165, 1.54) is 16.9 Å². The number of amides is 1. The third-order valence-corrected chi connectivity index (χ3v) is 4.16. The summed E-state index contributed by atoms with van der Waals surface area (Å²) in [5, 5.41) is 20.0. The van der Waals surface area contributed by atoms with E-state index >= 15 is 0 Å². The summed E-state index contributed by atoms with van der Waals surface area (Å²) in [7, 11) is 0. The molecule has 1 amide bonds. The van der Waals surface area contributed by atoms with E-state index in [0.717, 1.165) is 16.6 Å². The Morgan fingerprint density at radius 3 is 2.83 bits per heavy atom.